The monoisotopic (exact) mass is 817 g/mol. The lowest BCUT2D eigenvalue weighted by Crippen LogP contribution is -2.46. The highest BCUT2D eigenvalue weighted by Crippen LogP contribution is 2.35. The number of benzene rings is 4. The van der Waals surface area contributed by atoms with Crippen molar-refractivity contribution in [3.63, 3.8) is 0 Å². The van der Waals surface area contributed by atoms with E-state index in [1.807, 2.05) is 0 Å². The molecular weight excluding hydrogens is 777 g/mol. The zero-order valence-corrected chi connectivity index (χ0v) is 32.0. The van der Waals surface area contributed by atoms with E-state index < -0.39 is 88.9 Å². The number of nitrogens with one attached hydrogen (secondary N) is 2. The smallest absolute Gasteiger partial charge is 0.408 e. The van der Waals surface area contributed by atoms with Crippen molar-refractivity contribution in [2.75, 3.05) is 20.8 Å². The van der Waals surface area contributed by atoms with Gasteiger partial charge in [0.2, 0.25) is 40.7 Å². The summed E-state index contributed by atoms with van der Waals surface area (Å²) in [5.74, 6) is -15.8. The maximum absolute atomic E-state index is 14.3. The van der Waals surface area contributed by atoms with Gasteiger partial charge in [0.25, 0.3) is 0 Å². The maximum atomic E-state index is 14.3. The first kappa shape index (κ1) is 44.3. The van der Waals surface area contributed by atoms with Gasteiger partial charge in [0, 0.05) is 6.42 Å². The highest BCUT2D eigenvalue weighted by molar-refractivity contribution is 5.89. The number of carbonyl (C=O) groups is 4. The van der Waals surface area contributed by atoms with Crippen LogP contribution in [-0.2, 0) is 30.3 Å². The van der Waals surface area contributed by atoms with Crippen LogP contribution in [0.25, 0.3) is 0 Å². The highest BCUT2D eigenvalue weighted by Gasteiger charge is 2.33. The van der Waals surface area contributed by atoms with Gasteiger partial charge in [-0.15, -0.1) is 0 Å². The average Bonchev–Trinajstić information content (AvgIpc) is 3.19. The Kier molecular flexibility index (Phi) is 14.6. The Hall–Kier alpha value is -6.43. The van der Waals surface area contributed by atoms with E-state index in [9.17, 15) is 41.1 Å². The van der Waals surface area contributed by atoms with Gasteiger partial charge in [-0.25, -0.2) is 27.6 Å². The Morgan fingerprint density at radius 2 is 1.28 bits per heavy atom. The van der Waals surface area contributed by atoms with Crippen molar-refractivity contribution in [1.29, 1.82) is 0 Å². The number of nitrogens with two attached hydrogens (primary N) is 1. The molecule has 58 heavy (non-hydrogen) atoms. The molecule has 3 atom stereocenters. The van der Waals surface area contributed by atoms with Crippen molar-refractivity contribution >= 4 is 23.9 Å². The molecule has 4 rings (SSSR count). The number of ether oxygens (including phenoxy) is 6. The van der Waals surface area contributed by atoms with Crippen LogP contribution >= 0.6 is 0 Å². The molecule has 0 spiro atoms. The lowest BCUT2D eigenvalue weighted by atomic mass is 10.0. The van der Waals surface area contributed by atoms with Gasteiger partial charge in [0.15, 0.2) is 17.5 Å². The Balaban J connectivity index is 1.58. The minimum absolute atomic E-state index is 0.00455. The predicted molar refractivity (Wildman–Crippen MR) is 196 cm³/mol. The summed E-state index contributed by atoms with van der Waals surface area (Å²) < 4.78 is 102. The van der Waals surface area contributed by atoms with Gasteiger partial charge in [-0.2, -0.15) is 8.78 Å². The van der Waals surface area contributed by atoms with Crippen molar-refractivity contribution in [2.24, 2.45) is 5.73 Å². The van der Waals surface area contributed by atoms with Crippen LogP contribution < -0.4 is 35.3 Å². The number of alkyl carbamates (subject to hydrolysis) is 1. The summed E-state index contributed by atoms with van der Waals surface area (Å²) in [6, 6.07) is 12.4. The van der Waals surface area contributed by atoms with Crippen molar-refractivity contribution < 1.29 is 69.6 Å². The van der Waals surface area contributed by atoms with Gasteiger partial charge >= 0.3 is 18.0 Å². The number of hydrogen-bond donors (Lipinski definition) is 3. The van der Waals surface area contributed by atoms with Crippen LogP contribution in [0, 0.1) is 29.1 Å². The zero-order chi connectivity index (χ0) is 42.9. The van der Waals surface area contributed by atoms with Gasteiger partial charge < -0.3 is 44.8 Å². The van der Waals surface area contributed by atoms with Crippen molar-refractivity contribution in [3.05, 3.63) is 113 Å². The molecule has 0 heterocycles. The quantitative estimate of drug-likeness (QED) is 0.0385. The lowest BCUT2D eigenvalue weighted by molar-refractivity contribution is -0.147. The number of carbonyl (C=O) groups excluding carboxylic acids is 4. The molecule has 0 aliphatic heterocycles. The second kappa shape index (κ2) is 19.1. The lowest BCUT2D eigenvalue weighted by Gasteiger charge is -2.23. The van der Waals surface area contributed by atoms with Crippen LogP contribution in [0.4, 0.5) is 26.7 Å². The molecule has 4 aromatic carbocycles. The standard InChI is InChI=1S/C40H40F5N3O10/c1-7-55-38(51)34(48-36(49)33(46)21-10-15-23(53-5)16-11-21)22-12-17-26(54-6)27(19-22)56-24-13-8-20(9-14-24)18-25(47-39(52)58-40(2,3)4)37(50)57-35-31(44)29(42)28(41)30(43)32(35)45/h8-17,19,25,33-34H,7,18,46H2,1-6H3,(H,47,52)(H,48,49)/t25-,33+,34-/m1/s1. The SMILES string of the molecule is CCOC(=O)[C@H](NC(=O)[C@@H](N)c1ccc(OC)cc1)c1ccc(OC)c(Oc2ccc(C[C@@H](NC(=O)OC(C)(C)C)C(=O)Oc3c(F)c(F)c(F)c(F)c3F)cc2)c1. The molecule has 18 heteroatoms. The fourth-order valence-corrected chi connectivity index (χ4v) is 5.20. The Morgan fingerprint density at radius 1 is 0.707 bits per heavy atom. The summed E-state index contributed by atoms with van der Waals surface area (Å²) in [6.07, 6.45) is -1.58. The summed E-state index contributed by atoms with van der Waals surface area (Å²) >= 11 is 0. The Morgan fingerprint density at radius 3 is 1.83 bits per heavy atom. The van der Waals surface area contributed by atoms with E-state index in [-0.39, 0.29) is 29.4 Å². The topological polar surface area (TPSA) is 174 Å². The van der Waals surface area contributed by atoms with E-state index in [1.165, 1.54) is 77.5 Å². The highest BCUT2D eigenvalue weighted by atomic mass is 19.2. The molecule has 0 saturated carbocycles. The third-order valence-corrected chi connectivity index (χ3v) is 8.03. The minimum atomic E-state index is -2.46. The molecule has 0 fully saturated rings. The molecule has 4 aromatic rings. The summed E-state index contributed by atoms with van der Waals surface area (Å²) in [4.78, 5) is 52.1. The molecule has 4 N–H and O–H groups in total. The third kappa shape index (κ3) is 11.1. The van der Waals surface area contributed by atoms with E-state index >= 15 is 0 Å². The summed E-state index contributed by atoms with van der Waals surface area (Å²) in [7, 11) is 2.86. The van der Waals surface area contributed by atoms with Gasteiger partial charge in [0.1, 0.15) is 29.2 Å². The van der Waals surface area contributed by atoms with Crippen LogP contribution in [0.15, 0.2) is 66.7 Å². The Bertz CT molecular complexity index is 2100. The molecule has 0 radical (unpaired) electrons. The zero-order valence-electron chi connectivity index (χ0n) is 32.0. The normalized spacial score (nSPS) is 12.7. The molecule has 13 nitrogen and oxygen atoms in total. The van der Waals surface area contributed by atoms with E-state index in [4.69, 9.17) is 29.4 Å². The third-order valence-electron chi connectivity index (χ3n) is 8.03. The molecule has 0 bridgehead atoms. The van der Waals surface area contributed by atoms with Crippen molar-refractivity contribution in [1.82, 2.24) is 10.6 Å². The van der Waals surface area contributed by atoms with E-state index in [0.29, 0.717) is 16.9 Å². The largest absolute Gasteiger partial charge is 0.497 e. The number of methoxy groups -OCH3 is 2. The molecule has 0 saturated heterocycles. The average molecular weight is 818 g/mol. The van der Waals surface area contributed by atoms with Crippen LogP contribution in [0.1, 0.15) is 56.5 Å². The van der Waals surface area contributed by atoms with Crippen LogP contribution in [0.3, 0.4) is 0 Å². The predicted octanol–water partition coefficient (Wildman–Crippen LogP) is 6.65. The molecule has 310 valence electrons. The molecule has 2 amide bonds. The molecule has 0 aromatic heterocycles. The van der Waals surface area contributed by atoms with Crippen molar-refractivity contribution in [2.45, 2.75) is 57.8 Å². The molecule has 0 aliphatic carbocycles. The molecular formula is C40H40F5N3O10. The molecule has 0 unspecified atom stereocenters. The van der Waals surface area contributed by atoms with Gasteiger partial charge in [0.05, 0.1) is 20.8 Å². The summed E-state index contributed by atoms with van der Waals surface area (Å²) in [5, 5.41) is 4.81. The number of esters is 2. The van der Waals surface area contributed by atoms with Gasteiger partial charge in [-0.1, -0.05) is 30.3 Å². The summed E-state index contributed by atoms with van der Waals surface area (Å²) in [6.45, 7) is 6.16. The van der Waals surface area contributed by atoms with Crippen LogP contribution in [-0.4, -0.2) is 56.4 Å². The van der Waals surface area contributed by atoms with E-state index in [0.717, 1.165) is 0 Å². The van der Waals surface area contributed by atoms with Gasteiger partial charge in [-0.3, -0.25) is 4.79 Å². The fourth-order valence-electron chi connectivity index (χ4n) is 5.20. The van der Waals surface area contributed by atoms with Crippen molar-refractivity contribution in [3.8, 4) is 28.7 Å². The first-order valence-corrected chi connectivity index (χ1v) is 17.4. The number of halogens is 5. The summed E-state index contributed by atoms with van der Waals surface area (Å²) in [5.41, 5.74) is 6.14. The number of rotatable bonds is 15. The second-order valence-electron chi connectivity index (χ2n) is 13.3. The van der Waals surface area contributed by atoms with Crippen LogP contribution in [0.5, 0.6) is 28.7 Å². The fraction of sp³-hybridized carbons (Fsp3) is 0.300. The van der Waals surface area contributed by atoms with Gasteiger partial charge in [-0.05, 0) is 80.8 Å². The Labute approximate surface area is 329 Å². The number of hydrogen-bond acceptors (Lipinski definition) is 11. The van der Waals surface area contributed by atoms with E-state index in [1.54, 1.807) is 31.2 Å². The first-order valence-electron chi connectivity index (χ1n) is 17.4. The molecule has 0 aliphatic rings. The second-order valence-corrected chi connectivity index (χ2v) is 13.3. The number of amides is 2. The van der Waals surface area contributed by atoms with Crippen LogP contribution in [0.2, 0.25) is 0 Å². The van der Waals surface area contributed by atoms with E-state index in [2.05, 4.69) is 15.4 Å². The first-order chi connectivity index (χ1) is 27.4. The maximum Gasteiger partial charge on any atom is 0.408 e. The minimum Gasteiger partial charge on any atom is -0.497 e.